The first-order valence-electron chi connectivity index (χ1n) is 16.0. The molecule has 1 fully saturated rings. The first-order chi connectivity index (χ1) is 25.8. The van der Waals surface area contributed by atoms with E-state index in [1.54, 1.807) is 24.2 Å². The number of nitrogens with zero attached hydrogens (tertiary/aromatic N) is 5. The van der Waals surface area contributed by atoms with Crippen LogP contribution in [-0.4, -0.2) is 84.4 Å². The maximum Gasteiger partial charge on any atom is 0.490 e. The zero-order chi connectivity index (χ0) is 40.5. The zero-order valence-corrected chi connectivity index (χ0v) is 29.2. The molecule has 6 bridgehead atoms. The van der Waals surface area contributed by atoms with Crippen LogP contribution in [0.4, 0.5) is 55.2 Å². The molecule has 5 N–H and O–H groups in total. The fourth-order valence-electron chi connectivity index (χ4n) is 5.22. The maximum absolute atomic E-state index is 13.1. The molecule has 4 aromatic rings. The highest BCUT2D eigenvalue weighted by Crippen LogP contribution is 2.30. The quantitative estimate of drug-likeness (QED) is 0.139. The van der Waals surface area contributed by atoms with Crippen molar-refractivity contribution in [3.8, 4) is 0 Å². The maximum atomic E-state index is 13.1. The van der Waals surface area contributed by atoms with Gasteiger partial charge >= 0.3 is 24.3 Å². The molecule has 0 spiro atoms. The number of alkyl halides is 6. The molecule has 22 heteroatoms. The molecule has 0 atom stereocenters. The highest BCUT2D eigenvalue weighted by molar-refractivity contribution is 6.32. The Morgan fingerprint density at radius 1 is 0.945 bits per heavy atom. The van der Waals surface area contributed by atoms with Gasteiger partial charge in [-0.1, -0.05) is 16.8 Å². The number of carboxylic acids is 2. The minimum Gasteiger partial charge on any atom is -0.475 e. The summed E-state index contributed by atoms with van der Waals surface area (Å²) in [4.78, 5) is 58.6. The SMILES string of the molecule is Cc1nocc1C(=O)N1CCC(CC(=O)Nc2ccc3cc2CCc2cncc(c2)Nc2ncc(Cl)c(n2)N3)CC1.O=C(O)C(F)(F)F.O=C(O)C(F)(F)F. The van der Waals surface area contributed by atoms with Crippen LogP contribution >= 0.6 is 11.6 Å². The Hall–Kier alpha value is -5.99. The summed E-state index contributed by atoms with van der Waals surface area (Å²) < 4.78 is 68.4. The number of likely N-dealkylation sites (tertiary alicyclic amines) is 1. The number of aryl methyl sites for hydroxylation is 3. The average molecular weight is 801 g/mol. The predicted octanol–water partition coefficient (Wildman–Crippen LogP) is 6.55. The number of piperidine rings is 1. The summed E-state index contributed by atoms with van der Waals surface area (Å²) in [5.74, 6) is -4.55. The lowest BCUT2D eigenvalue weighted by Crippen LogP contribution is -2.39. The van der Waals surface area contributed by atoms with Crippen LogP contribution in [0.2, 0.25) is 5.02 Å². The number of pyridine rings is 1. The number of hydrogen-bond acceptors (Lipinski definition) is 11. The lowest BCUT2D eigenvalue weighted by atomic mass is 9.92. The van der Waals surface area contributed by atoms with Crippen molar-refractivity contribution in [2.45, 2.75) is 51.4 Å². The summed E-state index contributed by atoms with van der Waals surface area (Å²) in [5.41, 5.74) is 5.45. The number of benzene rings is 1. The van der Waals surface area contributed by atoms with E-state index in [0.29, 0.717) is 54.0 Å². The minimum absolute atomic E-state index is 0.0409. The number of hydrogen-bond donors (Lipinski definition) is 5. The molecular formula is C33H31ClF6N8O7. The van der Waals surface area contributed by atoms with E-state index < -0.39 is 24.3 Å². The first-order valence-corrected chi connectivity index (χ1v) is 16.4. The van der Waals surface area contributed by atoms with Gasteiger partial charge in [-0.05, 0) is 73.9 Å². The van der Waals surface area contributed by atoms with Crippen molar-refractivity contribution < 1.29 is 60.3 Å². The van der Waals surface area contributed by atoms with Crippen LogP contribution in [0.3, 0.4) is 0 Å². The molecule has 0 unspecified atom stereocenters. The third-order valence-corrected chi connectivity index (χ3v) is 8.24. The summed E-state index contributed by atoms with van der Waals surface area (Å²) in [6.45, 7) is 2.96. The summed E-state index contributed by atoms with van der Waals surface area (Å²) in [6, 6.07) is 7.82. The van der Waals surface area contributed by atoms with Crippen LogP contribution in [0, 0.1) is 12.8 Å². The minimum atomic E-state index is -5.08. The average Bonchev–Trinajstić information content (AvgIpc) is 3.55. The van der Waals surface area contributed by atoms with Gasteiger partial charge in [0.2, 0.25) is 11.9 Å². The summed E-state index contributed by atoms with van der Waals surface area (Å²) >= 11 is 6.37. The second-order valence-electron chi connectivity index (χ2n) is 12.0. The molecule has 0 aliphatic carbocycles. The van der Waals surface area contributed by atoms with Crippen LogP contribution in [-0.2, 0) is 27.2 Å². The second-order valence-corrected chi connectivity index (χ2v) is 12.4. The largest absolute Gasteiger partial charge is 0.490 e. The standard InChI is InChI=1S/C29H29ClN8O3.2C2HF3O2/c1-17-23(16-41-37-17)28(40)38-8-6-18(7-9-38)11-26(39)35-25-5-4-21-12-20(25)3-2-19-10-22(14-31-13-19)34-29-32-15-24(30)27(33-21)36-29;2*3-2(4,5)1(6)7/h4-5,10,12-16,18H,2-3,6-9,11H2,1H3,(H,35,39)(H2,32,33,34,36);2*(H,6,7). The molecule has 3 aromatic heterocycles. The van der Waals surface area contributed by atoms with E-state index in [0.717, 1.165) is 47.5 Å². The van der Waals surface area contributed by atoms with Crippen molar-refractivity contribution in [1.29, 1.82) is 0 Å². The lowest BCUT2D eigenvalue weighted by molar-refractivity contribution is -0.193. The van der Waals surface area contributed by atoms with E-state index in [1.165, 1.54) is 6.26 Å². The van der Waals surface area contributed by atoms with E-state index in [4.69, 9.17) is 35.9 Å². The van der Waals surface area contributed by atoms with Gasteiger partial charge in [-0.3, -0.25) is 14.6 Å². The lowest BCUT2D eigenvalue weighted by Gasteiger charge is -2.31. The first kappa shape index (κ1) is 41.8. The number of aromatic nitrogens is 4. The van der Waals surface area contributed by atoms with E-state index >= 15 is 0 Å². The van der Waals surface area contributed by atoms with Gasteiger partial charge < -0.3 is 35.6 Å². The van der Waals surface area contributed by atoms with Crippen LogP contribution in [0.1, 0.15) is 46.4 Å². The molecule has 2 amide bonds. The van der Waals surface area contributed by atoms with E-state index in [1.807, 2.05) is 30.5 Å². The van der Waals surface area contributed by atoms with Gasteiger partial charge in [0.05, 0.1) is 23.8 Å². The number of fused-ring (bicyclic) bond motifs is 6. The van der Waals surface area contributed by atoms with Gasteiger partial charge in [-0.25, -0.2) is 14.6 Å². The van der Waals surface area contributed by atoms with Crippen molar-refractivity contribution in [3.63, 3.8) is 0 Å². The van der Waals surface area contributed by atoms with Crippen molar-refractivity contribution in [2.24, 2.45) is 5.92 Å². The number of halogens is 7. The molecule has 55 heavy (non-hydrogen) atoms. The molecular weight excluding hydrogens is 770 g/mol. The van der Waals surface area contributed by atoms with Crippen molar-refractivity contribution >= 4 is 64.2 Å². The summed E-state index contributed by atoms with van der Waals surface area (Å²) in [6.07, 6.45) is -0.338. The van der Waals surface area contributed by atoms with Crippen LogP contribution < -0.4 is 16.0 Å². The van der Waals surface area contributed by atoms with Crippen molar-refractivity contribution in [3.05, 3.63) is 76.5 Å². The van der Waals surface area contributed by atoms with Crippen molar-refractivity contribution in [1.82, 2.24) is 25.0 Å². The Kier molecular flexibility index (Phi) is 13.6. The molecule has 294 valence electrons. The zero-order valence-electron chi connectivity index (χ0n) is 28.5. The van der Waals surface area contributed by atoms with Gasteiger partial charge in [-0.2, -0.15) is 31.3 Å². The van der Waals surface area contributed by atoms with E-state index in [2.05, 4.69) is 36.1 Å². The molecule has 2 aliphatic rings. The molecule has 0 radical (unpaired) electrons. The number of carbonyl (C=O) groups is 4. The van der Waals surface area contributed by atoms with Gasteiger partial charge in [0.25, 0.3) is 5.91 Å². The number of carbonyl (C=O) groups excluding carboxylic acids is 2. The molecule has 5 heterocycles. The Bertz CT molecular complexity index is 2000. The fraction of sp³-hybridized carbons (Fsp3) is 0.333. The number of nitrogens with one attached hydrogen (secondary N) is 3. The topological polar surface area (TPSA) is 213 Å². The van der Waals surface area contributed by atoms with Gasteiger partial charge in [0.1, 0.15) is 16.8 Å². The molecule has 1 aromatic carbocycles. The Labute approximate surface area is 312 Å². The molecule has 0 saturated carbocycles. The summed E-state index contributed by atoms with van der Waals surface area (Å²) in [7, 11) is 0. The number of amides is 2. The normalized spacial score (nSPS) is 14.1. The Morgan fingerprint density at radius 3 is 2.20 bits per heavy atom. The van der Waals surface area contributed by atoms with Gasteiger partial charge in [-0.15, -0.1) is 0 Å². The monoisotopic (exact) mass is 800 g/mol. The predicted molar refractivity (Wildman–Crippen MR) is 182 cm³/mol. The number of carboxylic acid groups (broad SMARTS) is 2. The molecule has 1 saturated heterocycles. The second kappa shape index (κ2) is 17.9. The van der Waals surface area contributed by atoms with Gasteiger partial charge in [0.15, 0.2) is 5.82 Å². The Morgan fingerprint density at radius 2 is 1.60 bits per heavy atom. The number of aliphatic carboxylic acids is 2. The van der Waals surface area contributed by atoms with E-state index in [9.17, 15) is 35.9 Å². The smallest absolute Gasteiger partial charge is 0.475 e. The number of rotatable bonds is 4. The fourth-order valence-corrected chi connectivity index (χ4v) is 5.36. The van der Waals surface area contributed by atoms with Gasteiger partial charge in [0, 0.05) is 37.1 Å². The molecule has 15 nitrogen and oxygen atoms in total. The number of anilines is 5. The van der Waals surface area contributed by atoms with E-state index in [-0.39, 0.29) is 17.7 Å². The summed E-state index contributed by atoms with van der Waals surface area (Å²) in [5, 5.41) is 28.0. The third-order valence-electron chi connectivity index (χ3n) is 7.96. The highest BCUT2D eigenvalue weighted by Gasteiger charge is 2.39. The Balaban J connectivity index is 0.000000410. The van der Waals surface area contributed by atoms with Crippen LogP contribution in [0.15, 0.2) is 53.6 Å². The van der Waals surface area contributed by atoms with Crippen LogP contribution in [0.25, 0.3) is 0 Å². The molecule has 6 rings (SSSR count). The molecule has 2 aliphatic heterocycles. The van der Waals surface area contributed by atoms with Crippen LogP contribution in [0.5, 0.6) is 0 Å². The highest BCUT2D eigenvalue weighted by atomic mass is 35.5. The van der Waals surface area contributed by atoms with Crippen molar-refractivity contribution in [2.75, 3.05) is 29.0 Å². The third kappa shape index (κ3) is 12.3.